The van der Waals surface area contributed by atoms with Crippen LogP contribution in [0, 0.1) is 17.5 Å². The van der Waals surface area contributed by atoms with Gasteiger partial charge < -0.3 is 29.2 Å². The first kappa shape index (κ1) is 33.6. The summed E-state index contributed by atoms with van der Waals surface area (Å²) in [5, 5.41) is 8.03. The summed E-state index contributed by atoms with van der Waals surface area (Å²) in [6.07, 6.45) is 7.98. The molecular weight excluding hydrogens is 667 g/mol. The highest BCUT2D eigenvalue weighted by Gasteiger charge is 2.29. The van der Waals surface area contributed by atoms with Gasteiger partial charge in [0.25, 0.3) is 5.91 Å². The van der Waals surface area contributed by atoms with Gasteiger partial charge in [0.1, 0.15) is 28.8 Å². The van der Waals surface area contributed by atoms with Crippen molar-refractivity contribution in [2.75, 3.05) is 58.4 Å². The standard InChI is InChI=1S/C35H34F3N9O4/c1-50-28-14-22(36)18-39-32(28)25-16-24(21-4-3-7-46(20-21)30(48)5-8-47-9-6-41-43-47)31(38)33-26(25)17-27(42-33)35(49)45-12-10-44(11-13-45)34-29(51-2)15-23(37)19-40-34/h4,6,9,14-19,42H,3,5,7-8,10-13,20H2,1-2H3. The molecule has 1 aromatic carbocycles. The van der Waals surface area contributed by atoms with Crippen molar-refractivity contribution in [3.8, 4) is 22.8 Å². The number of amides is 2. The van der Waals surface area contributed by atoms with E-state index < -0.39 is 17.5 Å². The predicted molar refractivity (Wildman–Crippen MR) is 181 cm³/mol. The molecule has 2 aliphatic heterocycles. The minimum absolute atomic E-state index is 0.0634. The molecule has 1 saturated heterocycles. The molecule has 0 bridgehead atoms. The lowest BCUT2D eigenvalue weighted by molar-refractivity contribution is -0.131. The molecule has 0 unspecified atom stereocenters. The van der Waals surface area contributed by atoms with E-state index in [1.54, 1.807) is 39.0 Å². The Bertz CT molecular complexity index is 2130. The Balaban J connectivity index is 1.20. The number of rotatable bonds is 9. The van der Waals surface area contributed by atoms with Crippen LogP contribution >= 0.6 is 0 Å². The van der Waals surface area contributed by atoms with Gasteiger partial charge in [0.15, 0.2) is 17.4 Å². The maximum Gasteiger partial charge on any atom is 0.270 e. The number of pyridine rings is 2. The van der Waals surface area contributed by atoms with E-state index >= 15 is 4.39 Å². The van der Waals surface area contributed by atoms with Gasteiger partial charge in [-0.15, -0.1) is 5.10 Å². The number of halogens is 3. The molecule has 7 rings (SSSR count). The molecule has 0 radical (unpaired) electrons. The number of hydrogen-bond acceptors (Lipinski definition) is 9. The Morgan fingerprint density at radius 2 is 1.63 bits per heavy atom. The molecule has 0 atom stereocenters. The number of nitrogens with one attached hydrogen (secondary N) is 1. The number of anilines is 1. The fourth-order valence-electron chi connectivity index (χ4n) is 6.55. The maximum absolute atomic E-state index is 16.6. The van der Waals surface area contributed by atoms with Crippen LogP contribution in [0.4, 0.5) is 19.0 Å². The van der Waals surface area contributed by atoms with Crippen LogP contribution in [0.2, 0.25) is 0 Å². The van der Waals surface area contributed by atoms with Crippen molar-refractivity contribution in [3.63, 3.8) is 0 Å². The van der Waals surface area contributed by atoms with E-state index in [2.05, 4.69) is 25.3 Å². The van der Waals surface area contributed by atoms with Crippen molar-refractivity contribution in [3.05, 3.63) is 83.8 Å². The van der Waals surface area contributed by atoms with Gasteiger partial charge in [-0.1, -0.05) is 11.3 Å². The molecule has 5 aromatic rings. The molecule has 4 aromatic heterocycles. The van der Waals surface area contributed by atoms with Crippen molar-refractivity contribution in [1.29, 1.82) is 0 Å². The zero-order chi connectivity index (χ0) is 35.6. The number of benzene rings is 1. The summed E-state index contributed by atoms with van der Waals surface area (Å²) >= 11 is 0. The van der Waals surface area contributed by atoms with E-state index in [-0.39, 0.29) is 53.0 Å². The molecule has 16 heteroatoms. The van der Waals surface area contributed by atoms with Gasteiger partial charge >= 0.3 is 0 Å². The van der Waals surface area contributed by atoms with Crippen LogP contribution in [0.1, 0.15) is 28.9 Å². The number of aromatic nitrogens is 6. The van der Waals surface area contributed by atoms with Crippen LogP contribution in [-0.4, -0.2) is 105 Å². The highest BCUT2D eigenvalue weighted by Crippen LogP contribution is 2.39. The minimum Gasteiger partial charge on any atom is -0.494 e. The normalized spacial score (nSPS) is 14.9. The zero-order valence-electron chi connectivity index (χ0n) is 27.9. The topological polar surface area (TPSA) is 135 Å². The Morgan fingerprint density at radius 3 is 2.35 bits per heavy atom. The summed E-state index contributed by atoms with van der Waals surface area (Å²) < 4.78 is 56.9. The summed E-state index contributed by atoms with van der Waals surface area (Å²) in [4.78, 5) is 43.7. The van der Waals surface area contributed by atoms with Gasteiger partial charge in [-0.25, -0.2) is 23.1 Å². The highest BCUT2D eigenvalue weighted by atomic mass is 19.1. The Morgan fingerprint density at radius 1 is 0.882 bits per heavy atom. The average molecular weight is 702 g/mol. The van der Waals surface area contributed by atoms with Crippen LogP contribution in [-0.2, 0) is 11.3 Å². The number of hydrogen-bond donors (Lipinski definition) is 1. The molecule has 51 heavy (non-hydrogen) atoms. The summed E-state index contributed by atoms with van der Waals surface area (Å²) in [5.74, 6) is -1.29. The molecule has 2 amide bonds. The van der Waals surface area contributed by atoms with E-state index in [1.807, 2.05) is 11.0 Å². The number of carbonyl (C=O) groups is 2. The molecule has 0 aliphatic carbocycles. The van der Waals surface area contributed by atoms with Gasteiger partial charge in [0.05, 0.1) is 44.9 Å². The second kappa shape index (κ2) is 14.1. The lowest BCUT2D eigenvalue weighted by atomic mass is 9.94. The Labute approximate surface area is 290 Å². The van der Waals surface area contributed by atoms with Crippen LogP contribution in [0.5, 0.6) is 11.5 Å². The molecular formula is C35H34F3N9O4. The first-order valence-electron chi connectivity index (χ1n) is 16.3. The third-order valence-electron chi connectivity index (χ3n) is 9.14. The van der Waals surface area contributed by atoms with Crippen LogP contribution < -0.4 is 14.4 Å². The smallest absolute Gasteiger partial charge is 0.270 e. The van der Waals surface area contributed by atoms with E-state index in [9.17, 15) is 18.4 Å². The summed E-state index contributed by atoms with van der Waals surface area (Å²) in [5.41, 5.74) is 1.69. The van der Waals surface area contributed by atoms with Crippen molar-refractivity contribution in [2.24, 2.45) is 0 Å². The van der Waals surface area contributed by atoms with Crippen molar-refractivity contribution in [1.82, 2.24) is 39.7 Å². The molecule has 13 nitrogen and oxygen atoms in total. The third-order valence-corrected chi connectivity index (χ3v) is 9.14. The minimum atomic E-state index is -0.609. The Kier molecular flexibility index (Phi) is 9.30. The second-order valence-corrected chi connectivity index (χ2v) is 12.2. The number of H-pyrrole nitrogens is 1. The van der Waals surface area contributed by atoms with E-state index in [1.165, 1.54) is 26.4 Å². The number of piperazine rings is 1. The Hall–Kier alpha value is -5.93. The van der Waals surface area contributed by atoms with Gasteiger partial charge in [0.2, 0.25) is 5.91 Å². The number of aromatic amines is 1. The van der Waals surface area contributed by atoms with Crippen LogP contribution in [0.15, 0.2) is 55.1 Å². The lowest BCUT2D eigenvalue weighted by Crippen LogP contribution is -2.49. The quantitative estimate of drug-likeness (QED) is 0.239. The zero-order valence-corrected chi connectivity index (χ0v) is 27.9. The van der Waals surface area contributed by atoms with Crippen molar-refractivity contribution in [2.45, 2.75) is 19.4 Å². The summed E-state index contributed by atoms with van der Waals surface area (Å²) in [6.45, 7) is 2.45. The number of carbonyl (C=O) groups excluding carboxylic acids is 2. The fourth-order valence-corrected chi connectivity index (χ4v) is 6.55. The number of aryl methyl sites for hydroxylation is 1. The molecule has 1 N–H and O–H groups in total. The molecule has 2 aliphatic rings. The highest BCUT2D eigenvalue weighted by molar-refractivity contribution is 6.05. The van der Waals surface area contributed by atoms with E-state index in [4.69, 9.17) is 9.47 Å². The van der Waals surface area contributed by atoms with Gasteiger partial charge in [-0.2, -0.15) is 0 Å². The molecule has 1 fully saturated rings. The van der Waals surface area contributed by atoms with Gasteiger partial charge in [-0.05, 0) is 24.1 Å². The maximum atomic E-state index is 16.6. The number of fused-ring (bicyclic) bond motifs is 1. The largest absolute Gasteiger partial charge is 0.494 e. The first-order chi connectivity index (χ1) is 24.7. The van der Waals surface area contributed by atoms with Gasteiger partial charge in [0, 0.05) is 80.5 Å². The van der Waals surface area contributed by atoms with Gasteiger partial charge in [-0.3, -0.25) is 14.3 Å². The predicted octanol–water partition coefficient (Wildman–Crippen LogP) is 4.32. The van der Waals surface area contributed by atoms with Crippen LogP contribution in [0.25, 0.3) is 27.7 Å². The average Bonchev–Trinajstić information content (AvgIpc) is 3.85. The first-order valence-corrected chi connectivity index (χ1v) is 16.3. The molecule has 6 heterocycles. The molecule has 0 spiro atoms. The number of nitrogens with zero attached hydrogens (tertiary/aromatic N) is 8. The fraction of sp³-hybridized carbons (Fsp3) is 0.314. The SMILES string of the molecule is COc1cc(F)cnc1-c1cc(C2=CCCN(C(=O)CCn3ccnn3)C2)c(F)c2[nH]c(C(=O)N3CCN(c4ncc(F)cc4OC)CC3)cc12. The van der Waals surface area contributed by atoms with Crippen molar-refractivity contribution >= 4 is 34.1 Å². The molecule has 264 valence electrons. The molecule has 0 saturated carbocycles. The number of methoxy groups -OCH3 is 2. The van der Waals surface area contributed by atoms with E-state index in [0.717, 1.165) is 12.4 Å². The van der Waals surface area contributed by atoms with E-state index in [0.29, 0.717) is 73.8 Å². The van der Waals surface area contributed by atoms with Crippen molar-refractivity contribution < 1.29 is 32.2 Å². The number of ether oxygens (including phenoxy) is 2. The monoisotopic (exact) mass is 701 g/mol. The second-order valence-electron chi connectivity index (χ2n) is 12.2. The lowest BCUT2D eigenvalue weighted by Gasteiger charge is -2.35. The summed E-state index contributed by atoms with van der Waals surface area (Å²) in [7, 11) is 2.82. The van der Waals surface area contributed by atoms with Crippen LogP contribution in [0.3, 0.4) is 0 Å². The summed E-state index contributed by atoms with van der Waals surface area (Å²) in [6, 6.07) is 5.63. The third kappa shape index (κ3) is 6.68.